The quantitative estimate of drug-likeness (QED) is 0.553. The molecule has 0 radical (unpaired) electrons. The molecule has 1 fully saturated rings. The van der Waals surface area contributed by atoms with Crippen LogP contribution in [0.2, 0.25) is 5.28 Å². The number of alkyl halides is 1. The molecule has 0 aromatic carbocycles. The van der Waals surface area contributed by atoms with Crippen LogP contribution in [0.3, 0.4) is 0 Å². The molecule has 2 aromatic heterocycles. The first-order valence-corrected chi connectivity index (χ1v) is 10.1. The fourth-order valence-electron chi connectivity index (χ4n) is 3.17. The summed E-state index contributed by atoms with van der Waals surface area (Å²) in [5, 5.41) is 1.06. The average Bonchev–Trinajstić information content (AvgIpc) is 3.32. The van der Waals surface area contributed by atoms with Gasteiger partial charge in [0.15, 0.2) is 5.13 Å². The number of allylic oxidation sites excluding steroid dienone is 2. The molecule has 2 unspecified atom stereocenters. The van der Waals surface area contributed by atoms with E-state index in [1.807, 2.05) is 24.3 Å². The lowest BCUT2D eigenvalue weighted by Crippen LogP contribution is -2.22. The molecule has 0 bridgehead atoms. The summed E-state index contributed by atoms with van der Waals surface area (Å²) >= 11 is 14.0. The zero-order valence-electron chi connectivity index (χ0n) is 14.2. The maximum absolute atomic E-state index is 6.30. The van der Waals surface area contributed by atoms with Crippen molar-refractivity contribution in [1.82, 2.24) is 15.0 Å². The molecule has 8 heteroatoms. The number of aromatic nitrogens is 3. The van der Waals surface area contributed by atoms with E-state index in [2.05, 4.69) is 14.9 Å². The maximum atomic E-state index is 6.30. The van der Waals surface area contributed by atoms with Crippen molar-refractivity contribution < 1.29 is 4.74 Å². The molecule has 2 aromatic rings. The second-order valence-electron chi connectivity index (χ2n) is 6.21. The van der Waals surface area contributed by atoms with Crippen molar-refractivity contribution >= 4 is 45.2 Å². The van der Waals surface area contributed by atoms with E-state index in [0.29, 0.717) is 0 Å². The molecule has 136 valence electrons. The van der Waals surface area contributed by atoms with E-state index in [0.717, 1.165) is 40.1 Å². The van der Waals surface area contributed by atoms with Crippen LogP contribution in [-0.2, 0) is 4.74 Å². The monoisotopic (exact) mass is 408 g/mol. The van der Waals surface area contributed by atoms with Gasteiger partial charge in [0.1, 0.15) is 0 Å². The number of methoxy groups -OCH3 is 1. The van der Waals surface area contributed by atoms with Gasteiger partial charge in [0.05, 0.1) is 27.7 Å². The van der Waals surface area contributed by atoms with Gasteiger partial charge >= 0.3 is 0 Å². The smallest absolute Gasteiger partial charge is 0.222 e. The van der Waals surface area contributed by atoms with E-state index >= 15 is 0 Å². The Labute approximate surface area is 166 Å². The van der Waals surface area contributed by atoms with Crippen LogP contribution >= 0.6 is 34.5 Å². The summed E-state index contributed by atoms with van der Waals surface area (Å²) in [6, 6.07) is 1.86. The Morgan fingerprint density at radius 2 is 2.08 bits per heavy atom. The summed E-state index contributed by atoms with van der Waals surface area (Å²) in [6.07, 6.45) is 9.85. The minimum absolute atomic E-state index is 0.183. The Morgan fingerprint density at radius 3 is 2.81 bits per heavy atom. The third-order valence-electron chi connectivity index (χ3n) is 4.51. The zero-order chi connectivity index (χ0) is 18.1. The third-order valence-corrected chi connectivity index (χ3v) is 6.23. The van der Waals surface area contributed by atoms with Crippen molar-refractivity contribution in [2.45, 2.75) is 24.3 Å². The lowest BCUT2D eigenvalue weighted by atomic mass is 10.0. The first-order valence-electron chi connectivity index (χ1n) is 8.47. The molecule has 1 saturated heterocycles. The molecule has 0 N–H and O–H groups in total. The largest absolute Gasteiger partial charge is 0.375 e. The van der Waals surface area contributed by atoms with Crippen molar-refractivity contribution in [2.24, 2.45) is 0 Å². The minimum atomic E-state index is -0.185. The third kappa shape index (κ3) is 3.51. The Kier molecular flexibility index (Phi) is 5.27. The van der Waals surface area contributed by atoms with Crippen molar-refractivity contribution in [3.8, 4) is 10.6 Å². The van der Waals surface area contributed by atoms with Crippen molar-refractivity contribution in [3.63, 3.8) is 0 Å². The standard InChI is InChI=1S/C18H18Cl2N4OS/c1-25-14-10-11(4-5-12(14)19)15-16(13-6-7-21-17(20)22-13)26-18(23-15)24-8-2-3-9-24/h4-7,10,12,14H,2-3,8-9H2,1H3. The van der Waals surface area contributed by atoms with Crippen LogP contribution < -0.4 is 4.90 Å². The van der Waals surface area contributed by atoms with Crippen LogP contribution in [0, 0.1) is 0 Å². The van der Waals surface area contributed by atoms with Gasteiger partial charge in [-0.3, -0.25) is 0 Å². The lowest BCUT2D eigenvalue weighted by Gasteiger charge is -2.20. The number of thiazole rings is 1. The molecule has 2 atom stereocenters. The predicted octanol–water partition coefficient (Wildman–Crippen LogP) is 4.43. The summed E-state index contributed by atoms with van der Waals surface area (Å²) in [5.41, 5.74) is 2.65. The predicted molar refractivity (Wildman–Crippen MR) is 107 cm³/mol. The highest BCUT2D eigenvalue weighted by Crippen LogP contribution is 2.40. The summed E-state index contributed by atoms with van der Waals surface area (Å²) < 4.78 is 5.49. The molecule has 0 saturated carbocycles. The molecule has 4 rings (SSSR count). The summed E-state index contributed by atoms with van der Waals surface area (Å²) in [5.74, 6) is 0. The Morgan fingerprint density at radius 1 is 1.27 bits per heavy atom. The van der Waals surface area contributed by atoms with E-state index < -0.39 is 0 Å². The summed E-state index contributed by atoms with van der Waals surface area (Å²) in [6.45, 7) is 2.08. The van der Waals surface area contributed by atoms with Crippen LogP contribution in [0.4, 0.5) is 5.13 Å². The van der Waals surface area contributed by atoms with Gasteiger partial charge in [-0.15, -0.1) is 11.6 Å². The molecule has 2 aliphatic rings. The number of halogens is 2. The lowest BCUT2D eigenvalue weighted by molar-refractivity contribution is 0.145. The van der Waals surface area contributed by atoms with Gasteiger partial charge in [0.2, 0.25) is 5.28 Å². The highest BCUT2D eigenvalue weighted by molar-refractivity contribution is 7.19. The summed E-state index contributed by atoms with van der Waals surface area (Å²) in [7, 11) is 1.66. The fourth-order valence-corrected chi connectivity index (χ4v) is 4.67. The van der Waals surface area contributed by atoms with E-state index in [-0.39, 0.29) is 16.8 Å². The second-order valence-corrected chi connectivity index (χ2v) is 8.02. The highest BCUT2D eigenvalue weighted by Gasteiger charge is 2.25. The van der Waals surface area contributed by atoms with Gasteiger partial charge in [-0.1, -0.05) is 23.5 Å². The van der Waals surface area contributed by atoms with Crippen molar-refractivity contribution in [2.75, 3.05) is 25.1 Å². The number of anilines is 1. The van der Waals surface area contributed by atoms with Gasteiger partial charge in [-0.05, 0) is 36.6 Å². The average molecular weight is 409 g/mol. The Hall–Kier alpha value is -1.47. The van der Waals surface area contributed by atoms with Gasteiger partial charge in [-0.2, -0.15) is 0 Å². The SMILES string of the molecule is COC1C=C(c2nc(N3CCCC3)sc2-c2ccnc(Cl)n2)C=CC1Cl. The highest BCUT2D eigenvalue weighted by atomic mass is 35.5. The molecule has 5 nitrogen and oxygen atoms in total. The molecular formula is C18H18Cl2N4OS. The number of hydrogen-bond acceptors (Lipinski definition) is 6. The van der Waals surface area contributed by atoms with Crippen LogP contribution in [0.15, 0.2) is 30.5 Å². The van der Waals surface area contributed by atoms with Crippen LogP contribution in [0.5, 0.6) is 0 Å². The van der Waals surface area contributed by atoms with E-state index in [1.165, 1.54) is 12.8 Å². The van der Waals surface area contributed by atoms with Crippen LogP contribution in [-0.4, -0.2) is 46.6 Å². The first-order chi connectivity index (χ1) is 12.7. The topological polar surface area (TPSA) is 51.1 Å². The van der Waals surface area contributed by atoms with Gasteiger partial charge in [0, 0.05) is 32.0 Å². The molecule has 0 amide bonds. The van der Waals surface area contributed by atoms with Gasteiger partial charge in [-0.25, -0.2) is 15.0 Å². The van der Waals surface area contributed by atoms with Crippen molar-refractivity contribution in [3.05, 3.63) is 41.5 Å². The number of ether oxygens (including phenoxy) is 1. The van der Waals surface area contributed by atoms with Crippen LogP contribution in [0.25, 0.3) is 16.1 Å². The summed E-state index contributed by atoms with van der Waals surface area (Å²) in [4.78, 5) is 16.6. The normalized spacial score (nSPS) is 22.7. The number of nitrogens with zero attached hydrogens (tertiary/aromatic N) is 4. The van der Waals surface area contributed by atoms with Gasteiger partial charge < -0.3 is 9.64 Å². The second kappa shape index (κ2) is 7.64. The molecule has 1 aliphatic carbocycles. The molecule has 26 heavy (non-hydrogen) atoms. The number of rotatable bonds is 4. The molecular weight excluding hydrogens is 391 g/mol. The number of hydrogen-bond donors (Lipinski definition) is 0. The molecule has 0 spiro atoms. The first kappa shape index (κ1) is 17.9. The molecule has 1 aliphatic heterocycles. The van der Waals surface area contributed by atoms with E-state index in [9.17, 15) is 0 Å². The van der Waals surface area contributed by atoms with Gasteiger partial charge in [0.25, 0.3) is 0 Å². The Balaban J connectivity index is 1.80. The van der Waals surface area contributed by atoms with Crippen LogP contribution in [0.1, 0.15) is 18.5 Å². The van der Waals surface area contributed by atoms with Crippen molar-refractivity contribution in [1.29, 1.82) is 0 Å². The van der Waals surface area contributed by atoms with E-state index in [1.54, 1.807) is 24.6 Å². The van der Waals surface area contributed by atoms with E-state index in [4.69, 9.17) is 32.9 Å². The minimum Gasteiger partial charge on any atom is -0.375 e. The fraction of sp³-hybridized carbons (Fsp3) is 0.389. The molecule has 3 heterocycles. The Bertz CT molecular complexity index is 861. The zero-order valence-corrected chi connectivity index (χ0v) is 16.6. The maximum Gasteiger partial charge on any atom is 0.222 e.